The van der Waals surface area contributed by atoms with Crippen LogP contribution in [-0.2, 0) is 6.54 Å². The average Bonchev–Trinajstić information content (AvgIpc) is 2.41. The fourth-order valence-electron chi connectivity index (χ4n) is 2.35. The molecule has 2 nitrogen and oxygen atoms in total. The second kappa shape index (κ2) is 9.05. The summed E-state index contributed by atoms with van der Waals surface area (Å²) in [6.45, 7) is 3.48. The predicted molar refractivity (Wildman–Crippen MR) is 79.5 cm³/mol. The molecule has 0 saturated heterocycles. The van der Waals surface area contributed by atoms with Gasteiger partial charge in [-0.2, -0.15) is 0 Å². The van der Waals surface area contributed by atoms with E-state index in [9.17, 15) is 4.39 Å². The topological polar surface area (TPSA) is 29.3 Å². The summed E-state index contributed by atoms with van der Waals surface area (Å²) in [6, 6.07) is 7.31. The van der Waals surface area contributed by atoms with Crippen LogP contribution in [0.4, 0.5) is 4.39 Å². The van der Waals surface area contributed by atoms with Crippen molar-refractivity contribution in [3.05, 3.63) is 35.6 Å². The monoisotopic (exact) mass is 266 g/mol. The molecule has 1 aromatic rings. The van der Waals surface area contributed by atoms with E-state index in [1.165, 1.54) is 31.7 Å². The van der Waals surface area contributed by atoms with Crippen LogP contribution in [0.1, 0.15) is 44.6 Å². The molecule has 0 aliphatic heterocycles. The summed E-state index contributed by atoms with van der Waals surface area (Å²) >= 11 is 0. The van der Waals surface area contributed by atoms with Crippen molar-refractivity contribution in [1.29, 1.82) is 0 Å². The molecule has 0 spiro atoms. The van der Waals surface area contributed by atoms with Gasteiger partial charge in [-0.25, -0.2) is 4.39 Å². The number of hydrogen-bond donors (Lipinski definition) is 1. The molecule has 0 fully saturated rings. The number of nitrogens with two attached hydrogens (primary N) is 1. The first-order chi connectivity index (χ1) is 9.19. The molecule has 0 amide bonds. The third-order valence-corrected chi connectivity index (χ3v) is 3.66. The Kier molecular flexibility index (Phi) is 7.68. The van der Waals surface area contributed by atoms with E-state index in [0.717, 1.165) is 12.0 Å². The molecule has 1 atom stereocenters. The SMILES string of the molecule is CCCCCCC(CN)N(C)Cc1ccccc1F. The number of unbranched alkanes of at least 4 members (excludes halogenated alkanes) is 3. The van der Waals surface area contributed by atoms with E-state index >= 15 is 0 Å². The van der Waals surface area contributed by atoms with Gasteiger partial charge in [0, 0.05) is 24.7 Å². The van der Waals surface area contributed by atoms with Gasteiger partial charge in [0.25, 0.3) is 0 Å². The average molecular weight is 266 g/mol. The van der Waals surface area contributed by atoms with Gasteiger partial charge < -0.3 is 5.73 Å². The van der Waals surface area contributed by atoms with Crippen molar-refractivity contribution in [2.75, 3.05) is 13.6 Å². The molecule has 1 aromatic carbocycles. The van der Waals surface area contributed by atoms with Crippen LogP contribution in [0.3, 0.4) is 0 Å². The minimum atomic E-state index is -0.129. The Balaban J connectivity index is 2.45. The molecular weight excluding hydrogens is 239 g/mol. The summed E-state index contributed by atoms with van der Waals surface area (Å²) in [5, 5.41) is 0. The van der Waals surface area contributed by atoms with Gasteiger partial charge in [0.05, 0.1) is 0 Å². The van der Waals surface area contributed by atoms with Gasteiger partial charge in [-0.05, 0) is 19.5 Å². The van der Waals surface area contributed by atoms with Gasteiger partial charge in [0.15, 0.2) is 0 Å². The summed E-state index contributed by atoms with van der Waals surface area (Å²) < 4.78 is 13.6. The first-order valence-corrected chi connectivity index (χ1v) is 7.32. The van der Waals surface area contributed by atoms with Gasteiger partial charge >= 0.3 is 0 Å². The highest BCUT2D eigenvalue weighted by atomic mass is 19.1. The van der Waals surface area contributed by atoms with E-state index in [1.54, 1.807) is 6.07 Å². The van der Waals surface area contributed by atoms with Gasteiger partial charge in [-0.1, -0.05) is 50.8 Å². The molecular formula is C16H27FN2. The minimum Gasteiger partial charge on any atom is -0.329 e. The smallest absolute Gasteiger partial charge is 0.127 e. The second-order valence-corrected chi connectivity index (χ2v) is 5.25. The Morgan fingerprint density at radius 2 is 1.95 bits per heavy atom. The molecule has 1 unspecified atom stereocenters. The zero-order chi connectivity index (χ0) is 14.1. The summed E-state index contributed by atoms with van der Waals surface area (Å²) in [5.41, 5.74) is 6.59. The maximum Gasteiger partial charge on any atom is 0.127 e. The predicted octanol–water partition coefficient (Wildman–Crippen LogP) is 3.56. The van der Waals surface area contributed by atoms with Crippen LogP contribution in [0, 0.1) is 5.82 Å². The summed E-state index contributed by atoms with van der Waals surface area (Å²) in [5.74, 6) is -0.129. The van der Waals surface area contributed by atoms with E-state index in [2.05, 4.69) is 11.8 Å². The van der Waals surface area contributed by atoms with Gasteiger partial charge in [0.2, 0.25) is 0 Å². The van der Waals surface area contributed by atoms with E-state index in [1.807, 2.05) is 19.2 Å². The van der Waals surface area contributed by atoms with Crippen LogP contribution in [0.25, 0.3) is 0 Å². The standard InChI is InChI=1S/C16H27FN2/c1-3-4-5-6-10-15(12-18)19(2)13-14-9-7-8-11-16(14)17/h7-9,11,15H,3-6,10,12-13,18H2,1-2H3. The van der Waals surface area contributed by atoms with Crippen molar-refractivity contribution in [2.45, 2.75) is 51.6 Å². The normalized spacial score (nSPS) is 12.9. The Hall–Kier alpha value is -0.930. The van der Waals surface area contributed by atoms with Crippen molar-refractivity contribution < 1.29 is 4.39 Å². The van der Waals surface area contributed by atoms with Crippen molar-refractivity contribution >= 4 is 0 Å². The first-order valence-electron chi connectivity index (χ1n) is 7.32. The molecule has 2 N–H and O–H groups in total. The molecule has 19 heavy (non-hydrogen) atoms. The highest BCUT2D eigenvalue weighted by Gasteiger charge is 2.14. The maximum absolute atomic E-state index is 13.6. The van der Waals surface area contributed by atoms with Crippen LogP contribution >= 0.6 is 0 Å². The number of halogens is 1. The quantitative estimate of drug-likeness (QED) is 0.693. The Bertz CT molecular complexity index is 354. The number of nitrogens with zero attached hydrogens (tertiary/aromatic N) is 1. The van der Waals surface area contributed by atoms with Crippen molar-refractivity contribution in [3.8, 4) is 0 Å². The van der Waals surface area contributed by atoms with Crippen molar-refractivity contribution in [3.63, 3.8) is 0 Å². The van der Waals surface area contributed by atoms with E-state index in [-0.39, 0.29) is 5.82 Å². The van der Waals surface area contributed by atoms with Crippen molar-refractivity contribution in [1.82, 2.24) is 4.90 Å². The molecule has 0 radical (unpaired) electrons. The van der Waals surface area contributed by atoms with E-state index < -0.39 is 0 Å². The highest BCUT2D eigenvalue weighted by Crippen LogP contribution is 2.14. The van der Waals surface area contributed by atoms with Crippen LogP contribution in [0.2, 0.25) is 0 Å². The number of hydrogen-bond acceptors (Lipinski definition) is 2. The Labute approximate surface area is 116 Å². The molecule has 0 aliphatic carbocycles. The zero-order valence-corrected chi connectivity index (χ0v) is 12.2. The molecule has 0 heterocycles. The van der Waals surface area contributed by atoms with Crippen LogP contribution < -0.4 is 5.73 Å². The lowest BCUT2D eigenvalue weighted by Crippen LogP contribution is -2.37. The largest absolute Gasteiger partial charge is 0.329 e. The molecule has 0 aliphatic rings. The summed E-state index contributed by atoms with van der Waals surface area (Å²) in [7, 11) is 2.03. The summed E-state index contributed by atoms with van der Waals surface area (Å²) in [4.78, 5) is 2.17. The molecule has 0 bridgehead atoms. The Morgan fingerprint density at radius 3 is 2.58 bits per heavy atom. The lowest BCUT2D eigenvalue weighted by Gasteiger charge is -2.27. The molecule has 0 aromatic heterocycles. The lowest BCUT2D eigenvalue weighted by molar-refractivity contribution is 0.220. The van der Waals surface area contributed by atoms with Gasteiger partial charge in [-0.15, -0.1) is 0 Å². The third-order valence-electron chi connectivity index (χ3n) is 3.66. The molecule has 108 valence electrons. The first kappa shape index (κ1) is 16.1. The van der Waals surface area contributed by atoms with Crippen LogP contribution in [0.15, 0.2) is 24.3 Å². The number of benzene rings is 1. The molecule has 1 rings (SSSR count). The van der Waals surface area contributed by atoms with E-state index in [0.29, 0.717) is 19.1 Å². The Morgan fingerprint density at radius 1 is 1.21 bits per heavy atom. The van der Waals surface area contributed by atoms with Gasteiger partial charge in [-0.3, -0.25) is 4.90 Å². The van der Waals surface area contributed by atoms with Crippen LogP contribution in [-0.4, -0.2) is 24.5 Å². The molecule has 0 saturated carbocycles. The van der Waals surface area contributed by atoms with Crippen molar-refractivity contribution in [2.24, 2.45) is 5.73 Å². The summed E-state index contributed by atoms with van der Waals surface area (Å²) in [6.07, 6.45) is 6.10. The lowest BCUT2D eigenvalue weighted by atomic mass is 10.1. The fraction of sp³-hybridized carbons (Fsp3) is 0.625. The maximum atomic E-state index is 13.6. The second-order valence-electron chi connectivity index (χ2n) is 5.25. The number of rotatable bonds is 9. The van der Waals surface area contributed by atoms with Crippen LogP contribution in [0.5, 0.6) is 0 Å². The third kappa shape index (κ3) is 5.70. The highest BCUT2D eigenvalue weighted by molar-refractivity contribution is 5.17. The zero-order valence-electron chi connectivity index (χ0n) is 12.2. The minimum absolute atomic E-state index is 0.129. The van der Waals surface area contributed by atoms with Gasteiger partial charge in [0.1, 0.15) is 5.82 Å². The number of likely N-dealkylation sites (N-methyl/N-ethyl adjacent to an activating group) is 1. The van der Waals surface area contributed by atoms with E-state index in [4.69, 9.17) is 5.73 Å². The molecule has 3 heteroatoms. The fourth-order valence-corrected chi connectivity index (χ4v) is 2.35.